The number of H-pyrrole nitrogens is 1. The number of rotatable bonds is 3. The van der Waals surface area contributed by atoms with Crippen molar-refractivity contribution in [1.82, 2.24) is 15.3 Å². The van der Waals surface area contributed by atoms with Gasteiger partial charge in [0.2, 0.25) is 0 Å². The minimum absolute atomic E-state index is 0.396. The quantitative estimate of drug-likeness (QED) is 0.770. The van der Waals surface area contributed by atoms with Gasteiger partial charge in [0.05, 0.1) is 11.8 Å². The largest absolute Gasteiger partial charge is 0.454 e. The fourth-order valence-electron chi connectivity index (χ4n) is 3.19. The number of nitriles is 1. The first-order chi connectivity index (χ1) is 12.2. The highest BCUT2D eigenvalue weighted by molar-refractivity contribution is 5.76. The maximum absolute atomic E-state index is 9.41. The van der Waals surface area contributed by atoms with E-state index in [1.807, 2.05) is 36.5 Å². The Balaban J connectivity index is 1.67. The zero-order valence-corrected chi connectivity index (χ0v) is 14.0. The molecule has 0 unspecified atom stereocenters. The van der Waals surface area contributed by atoms with E-state index in [0.717, 1.165) is 36.4 Å². The van der Waals surface area contributed by atoms with E-state index in [4.69, 9.17) is 4.74 Å². The summed E-state index contributed by atoms with van der Waals surface area (Å²) in [7, 11) is 0. The Bertz CT molecular complexity index is 942. The molecule has 2 aromatic heterocycles. The van der Waals surface area contributed by atoms with Crippen molar-refractivity contribution in [2.24, 2.45) is 0 Å². The van der Waals surface area contributed by atoms with Crippen LogP contribution in [-0.2, 0) is 0 Å². The molecule has 6 nitrogen and oxygen atoms in total. The molecule has 0 aliphatic carbocycles. The summed E-state index contributed by atoms with van der Waals surface area (Å²) in [5.41, 5.74) is 2.40. The molecule has 0 amide bonds. The average Bonchev–Trinajstić information content (AvgIpc) is 3.10. The molecular weight excluding hydrogens is 314 g/mol. The van der Waals surface area contributed by atoms with Gasteiger partial charge in [-0.05, 0) is 31.2 Å². The van der Waals surface area contributed by atoms with Gasteiger partial charge in [0, 0.05) is 49.0 Å². The van der Waals surface area contributed by atoms with E-state index in [2.05, 4.69) is 33.2 Å². The normalized spacial score (nSPS) is 17.4. The zero-order chi connectivity index (χ0) is 17.2. The van der Waals surface area contributed by atoms with Crippen LogP contribution < -0.4 is 15.0 Å². The van der Waals surface area contributed by atoms with Crippen molar-refractivity contribution in [2.75, 3.05) is 24.5 Å². The van der Waals surface area contributed by atoms with Crippen molar-refractivity contribution >= 4 is 16.7 Å². The summed E-state index contributed by atoms with van der Waals surface area (Å²) in [5.74, 6) is 1.18. The number of aromatic nitrogens is 2. The first-order valence-corrected chi connectivity index (χ1v) is 8.37. The summed E-state index contributed by atoms with van der Waals surface area (Å²) in [6.45, 7) is 5.02. The number of anilines is 1. The van der Waals surface area contributed by atoms with E-state index in [1.54, 1.807) is 6.20 Å². The SMILES string of the molecule is C[C@@H]1CNCCN1c1ccc(C#N)c(Oc2cnc3[nH]ccc3c2)c1. The lowest BCUT2D eigenvalue weighted by Gasteiger charge is -2.36. The molecule has 25 heavy (non-hydrogen) atoms. The molecular formula is C19H19N5O. The Morgan fingerprint density at radius 2 is 2.24 bits per heavy atom. The molecule has 126 valence electrons. The predicted molar refractivity (Wildman–Crippen MR) is 97.0 cm³/mol. The van der Waals surface area contributed by atoms with E-state index in [1.165, 1.54) is 0 Å². The van der Waals surface area contributed by atoms with Gasteiger partial charge in [-0.2, -0.15) is 5.26 Å². The van der Waals surface area contributed by atoms with Gasteiger partial charge in [-0.3, -0.25) is 0 Å². The Hall–Kier alpha value is -3.04. The fourth-order valence-corrected chi connectivity index (χ4v) is 3.19. The van der Waals surface area contributed by atoms with Crippen LogP contribution in [0.2, 0.25) is 0 Å². The summed E-state index contributed by atoms with van der Waals surface area (Å²) >= 11 is 0. The van der Waals surface area contributed by atoms with Crippen molar-refractivity contribution in [3.8, 4) is 17.6 Å². The first-order valence-electron chi connectivity index (χ1n) is 8.37. The van der Waals surface area contributed by atoms with Gasteiger partial charge < -0.3 is 19.9 Å². The number of benzene rings is 1. The third-order valence-electron chi connectivity index (χ3n) is 4.52. The molecule has 6 heteroatoms. The lowest BCUT2D eigenvalue weighted by molar-refractivity contribution is 0.476. The van der Waals surface area contributed by atoms with Gasteiger partial charge in [-0.1, -0.05) is 0 Å². The molecule has 0 bridgehead atoms. The second kappa shape index (κ2) is 6.46. The fraction of sp³-hybridized carbons (Fsp3) is 0.263. The van der Waals surface area contributed by atoms with Gasteiger partial charge in [0.15, 0.2) is 0 Å². The number of hydrogen-bond acceptors (Lipinski definition) is 5. The summed E-state index contributed by atoms with van der Waals surface area (Å²) in [6, 6.07) is 12.2. The lowest BCUT2D eigenvalue weighted by Crippen LogP contribution is -2.49. The van der Waals surface area contributed by atoms with Crippen LogP contribution in [0.1, 0.15) is 12.5 Å². The van der Waals surface area contributed by atoms with Crippen molar-refractivity contribution in [3.63, 3.8) is 0 Å². The molecule has 1 saturated heterocycles. The maximum Gasteiger partial charge on any atom is 0.147 e. The van der Waals surface area contributed by atoms with E-state index < -0.39 is 0 Å². The van der Waals surface area contributed by atoms with E-state index >= 15 is 0 Å². The molecule has 1 fully saturated rings. The third-order valence-corrected chi connectivity index (χ3v) is 4.52. The highest BCUT2D eigenvalue weighted by atomic mass is 16.5. The summed E-state index contributed by atoms with van der Waals surface area (Å²) in [6.07, 6.45) is 3.51. The summed E-state index contributed by atoms with van der Waals surface area (Å²) < 4.78 is 6.00. The van der Waals surface area contributed by atoms with Gasteiger partial charge in [0.25, 0.3) is 0 Å². The minimum atomic E-state index is 0.396. The molecule has 1 aliphatic rings. The highest BCUT2D eigenvalue weighted by Gasteiger charge is 2.19. The van der Waals surface area contributed by atoms with Crippen LogP contribution in [0.25, 0.3) is 11.0 Å². The molecule has 0 radical (unpaired) electrons. The van der Waals surface area contributed by atoms with Crippen LogP contribution in [0.3, 0.4) is 0 Å². The number of fused-ring (bicyclic) bond motifs is 1. The van der Waals surface area contributed by atoms with Crippen LogP contribution in [-0.4, -0.2) is 35.6 Å². The molecule has 1 atom stereocenters. The van der Waals surface area contributed by atoms with Gasteiger partial charge >= 0.3 is 0 Å². The minimum Gasteiger partial charge on any atom is -0.454 e. The van der Waals surface area contributed by atoms with Crippen molar-refractivity contribution < 1.29 is 4.74 Å². The molecule has 3 heterocycles. The molecule has 2 N–H and O–H groups in total. The maximum atomic E-state index is 9.41. The van der Waals surface area contributed by atoms with Crippen molar-refractivity contribution in [1.29, 1.82) is 5.26 Å². The lowest BCUT2D eigenvalue weighted by atomic mass is 10.1. The number of hydrogen-bond donors (Lipinski definition) is 2. The zero-order valence-electron chi connectivity index (χ0n) is 14.0. The highest BCUT2D eigenvalue weighted by Crippen LogP contribution is 2.31. The molecule has 1 aromatic carbocycles. The van der Waals surface area contributed by atoms with E-state index in [0.29, 0.717) is 23.1 Å². The number of pyridine rings is 1. The van der Waals surface area contributed by atoms with Crippen molar-refractivity contribution in [3.05, 3.63) is 48.3 Å². The second-order valence-corrected chi connectivity index (χ2v) is 6.23. The number of aromatic amines is 1. The smallest absolute Gasteiger partial charge is 0.147 e. The van der Waals surface area contributed by atoms with Gasteiger partial charge in [-0.15, -0.1) is 0 Å². The molecule has 1 aliphatic heterocycles. The van der Waals surface area contributed by atoms with Crippen LogP contribution in [0, 0.1) is 11.3 Å². The standard InChI is InChI=1S/C19H19N5O/c1-13-11-21-6-7-24(13)16-3-2-15(10-20)18(9-16)25-17-8-14-4-5-22-19(14)23-12-17/h2-5,8-9,12-13,21H,6-7,11H2,1H3,(H,22,23)/t13-/m1/s1. The van der Waals surface area contributed by atoms with Gasteiger partial charge in [0.1, 0.15) is 23.2 Å². The topological polar surface area (TPSA) is 77.0 Å². The Morgan fingerprint density at radius 1 is 1.32 bits per heavy atom. The predicted octanol–water partition coefficient (Wildman–Crippen LogP) is 3.02. The van der Waals surface area contributed by atoms with Crippen molar-refractivity contribution in [2.45, 2.75) is 13.0 Å². The average molecular weight is 333 g/mol. The molecule has 3 aromatic rings. The molecule has 0 spiro atoms. The van der Waals surface area contributed by atoms with E-state index in [9.17, 15) is 5.26 Å². The number of nitrogens with one attached hydrogen (secondary N) is 2. The third kappa shape index (κ3) is 3.02. The van der Waals surface area contributed by atoms with Crippen LogP contribution >= 0.6 is 0 Å². The summed E-state index contributed by atoms with van der Waals surface area (Å²) in [4.78, 5) is 9.73. The van der Waals surface area contributed by atoms with Crippen LogP contribution in [0.5, 0.6) is 11.5 Å². The Labute approximate surface area is 146 Å². The summed E-state index contributed by atoms with van der Waals surface area (Å²) in [5, 5.41) is 13.8. The Morgan fingerprint density at radius 3 is 3.08 bits per heavy atom. The van der Waals surface area contributed by atoms with Crippen LogP contribution in [0.4, 0.5) is 5.69 Å². The number of piperazine rings is 1. The molecule has 4 rings (SSSR count). The number of nitrogens with zero attached hydrogens (tertiary/aromatic N) is 3. The molecule has 0 saturated carbocycles. The van der Waals surface area contributed by atoms with Gasteiger partial charge in [-0.25, -0.2) is 4.98 Å². The Kier molecular flexibility index (Phi) is 4.00. The van der Waals surface area contributed by atoms with Crippen LogP contribution in [0.15, 0.2) is 42.7 Å². The first kappa shape index (κ1) is 15.5. The number of ether oxygens (including phenoxy) is 1. The second-order valence-electron chi connectivity index (χ2n) is 6.23. The van der Waals surface area contributed by atoms with E-state index in [-0.39, 0.29) is 0 Å². The monoisotopic (exact) mass is 333 g/mol.